The average Bonchev–Trinajstić information content (AvgIpc) is 3.84. The first-order valence-corrected chi connectivity index (χ1v) is 28.1. The molecule has 0 aromatic rings. The molecular formula is C50H80O26S. The second-order valence-corrected chi connectivity index (χ2v) is 24.6. The van der Waals surface area contributed by atoms with E-state index < -0.39 is 170 Å². The third-order valence-corrected chi connectivity index (χ3v) is 19.7. The minimum atomic E-state index is -5.17. The highest BCUT2D eigenvalue weighted by Gasteiger charge is 2.69. The Morgan fingerprint density at radius 1 is 0.753 bits per heavy atom. The number of ether oxygens (including phenoxy) is 9. The van der Waals surface area contributed by atoms with Gasteiger partial charge in [-0.25, -0.2) is 4.18 Å². The van der Waals surface area contributed by atoms with Gasteiger partial charge in [-0.2, -0.15) is 8.42 Å². The molecule has 30 atom stereocenters. The Labute approximate surface area is 445 Å². The predicted molar refractivity (Wildman–Crippen MR) is 256 cm³/mol. The largest absolute Gasteiger partial charge is 0.397 e. The summed E-state index contributed by atoms with van der Waals surface area (Å²) in [6.45, 7) is 9.72. The number of aliphatic hydroxyl groups excluding tert-OH is 12. The van der Waals surface area contributed by atoms with Crippen molar-refractivity contribution in [1.82, 2.24) is 0 Å². The van der Waals surface area contributed by atoms with Gasteiger partial charge in [-0.05, 0) is 74.5 Å². The molecule has 9 aliphatic rings. The lowest BCUT2D eigenvalue weighted by atomic mass is 9.46. The highest BCUT2D eigenvalue weighted by molar-refractivity contribution is 7.80. The second-order valence-electron chi connectivity index (χ2n) is 23.5. The standard InChI is InChI=1S/C50H80O26S/c1-19(17-67-44-40(60)38(58)34(54)28(15-51)71-44)8-11-50(63)20(2)32-27(75-50)14-26-24-7-6-22-12-23(70-46-42(62)39(59)35(55)29(16-52)72-46)13-31(49(22,5)25(24)9-10-48(26,32)4)73-47-43(36(56)30(18-68-47)76-77(64,65)66)74-45-41(61)37(57)33(53)21(3)69-45/h6,20-21,23-47,51-63H,1,7-18H2,2-5H3,(H,64,65,66)/t20-,21-,23+,24+,25-,26-,27-,28+,29+,30-,31+,32-,33-,34+,35+,36-,37+,38-,39-,40+,41+,42+,43+,44+,45-,46+,47-,48-,49-,50-/m0/s1. The van der Waals surface area contributed by atoms with Crippen molar-refractivity contribution in [3.63, 3.8) is 0 Å². The zero-order chi connectivity index (χ0) is 56.0. The summed E-state index contributed by atoms with van der Waals surface area (Å²) in [5.41, 5.74) is 0.285. The van der Waals surface area contributed by atoms with Gasteiger partial charge in [0.1, 0.15) is 85.5 Å². The molecule has 0 aromatic heterocycles. The van der Waals surface area contributed by atoms with Crippen molar-refractivity contribution in [1.29, 1.82) is 0 Å². The average molecular weight is 1130 g/mol. The van der Waals surface area contributed by atoms with Crippen LogP contribution in [0.5, 0.6) is 0 Å². The molecule has 0 amide bonds. The maximum atomic E-state index is 12.2. The maximum Gasteiger partial charge on any atom is 0.397 e. The quantitative estimate of drug-likeness (QED) is 0.0523. The van der Waals surface area contributed by atoms with Gasteiger partial charge < -0.3 is 109 Å². The van der Waals surface area contributed by atoms with Gasteiger partial charge >= 0.3 is 10.4 Å². The summed E-state index contributed by atoms with van der Waals surface area (Å²) in [5.74, 6) is -1.89. The van der Waals surface area contributed by atoms with Crippen LogP contribution in [0.3, 0.4) is 0 Å². The molecular weight excluding hydrogens is 1050 g/mol. The fraction of sp³-hybridized carbons (Fsp3) is 0.920. The molecule has 5 aliphatic heterocycles. The van der Waals surface area contributed by atoms with Crippen LogP contribution < -0.4 is 0 Å². The highest BCUT2D eigenvalue weighted by atomic mass is 32.3. The molecule has 0 unspecified atom stereocenters. The van der Waals surface area contributed by atoms with Crippen molar-refractivity contribution in [3.8, 4) is 0 Å². The molecule has 5 saturated heterocycles. The lowest BCUT2D eigenvalue weighted by molar-refractivity contribution is -0.363. The fourth-order valence-corrected chi connectivity index (χ4v) is 15.3. The number of allylic oxidation sites excluding steroid dienone is 1. The lowest BCUT2D eigenvalue weighted by Gasteiger charge is -2.61. The van der Waals surface area contributed by atoms with Crippen LogP contribution in [0.25, 0.3) is 0 Å². The molecule has 5 heterocycles. The van der Waals surface area contributed by atoms with Gasteiger partial charge in [0.2, 0.25) is 0 Å². The third kappa shape index (κ3) is 11.1. The molecule has 26 nitrogen and oxygen atoms in total. The van der Waals surface area contributed by atoms with Gasteiger partial charge in [0.25, 0.3) is 0 Å². The molecule has 8 fully saturated rings. The topological polar surface area (TPSA) is 410 Å². The number of rotatable bonds is 16. The molecule has 4 aliphatic carbocycles. The van der Waals surface area contributed by atoms with Gasteiger partial charge in [0, 0.05) is 24.2 Å². The van der Waals surface area contributed by atoms with E-state index in [9.17, 15) is 79.4 Å². The summed E-state index contributed by atoms with van der Waals surface area (Å²) >= 11 is 0. The Bertz CT molecular complexity index is 2210. The SMILES string of the molecule is C=C(CC[C@]1(O)O[C@H]2C[C@H]3[C@@H]4CC=C5C[C@@H](O[C@@H]6O[C@H](CO)[C@@H](O)[C@H](O)[C@H]6O)C[C@@H](O[C@@H]6OC[C@H](OS(=O)(=O)O)[C@H](O)[C@H]6O[C@@H]6O[C@@H](C)[C@H](O)[C@@H](O)[C@H]6O)[C@]5(C)[C@H]4CC[C@]3(C)[C@H]2[C@@H]1C)CO[C@@H]1O[C@H](CO)[C@@H](O)[C@H](O)[C@H]1O. The van der Waals surface area contributed by atoms with Crippen molar-refractivity contribution in [2.24, 2.45) is 40.4 Å². The minimum absolute atomic E-state index is 0.0306. The van der Waals surface area contributed by atoms with Crippen LogP contribution in [0.2, 0.25) is 0 Å². The number of fused-ring (bicyclic) bond motifs is 7. The Kier molecular flexibility index (Phi) is 17.9. The lowest BCUT2D eigenvalue weighted by Crippen LogP contribution is -2.64. The monoisotopic (exact) mass is 1130 g/mol. The molecule has 9 rings (SSSR count). The van der Waals surface area contributed by atoms with E-state index in [0.29, 0.717) is 31.3 Å². The smallest absolute Gasteiger partial charge is 0.394 e. The minimum Gasteiger partial charge on any atom is -0.394 e. The molecule has 442 valence electrons. The first-order chi connectivity index (χ1) is 36.1. The Balaban J connectivity index is 0.951. The van der Waals surface area contributed by atoms with E-state index in [1.807, 2.05) is 6.92 Å². The van der Waals surface area contributed by atoms with Crippen molar-refractivity contribution in [2.75, 3.05) is 26.4 Å². The normalized spacial score (nSPS) is 53.0. The predicted octanol–water partition coefficient (Wildman–Crippen LogP) is -3.65. The summed E-state index contributed by atoms with van der Waals surface area (Å²) in [6.07, 6.45) is -26.7. The molecule has 27 heteroatoms. The van der Waals surface area contributed by atoms with Crippen LogP contribution in [0.4, 0.5) is 0 Å². The van der Waals surface area contributed by atoms with Crippen LogP contribution in [-0.2, 0) is 57.2 Å². The van der Waals surface area contributed by atoms with Gasteiger partial charge in [-0.3, -0.25) is 4.55 Å². The van der Waals surface area contributed by atoms with E-state index in [4.69, 9.17) is 46.8 Å². The molecule has 0 radical (unpaired) electrons. The first-order valence-electron chi connectivity index (χ1n) is 26.8. The Morgan fingerprint density at radius 2 is 1.36 bits per heavy atom. The van der Waals surface area contributed by atoms with Crippen molar-refractivity contribution in [2.45, 2.75) is 220 Å². The second kappa shape index (κ2) is 22.9. The van der Waals surface area contributed by atoms with Crippen LogP contribution in [0, 0.1) is 40.4 Å². The van der Waals surface area contributed by atoms with E-state index in [1.165, 1.54) is 6.92 Å². The Hall–Kier alpha value is -1.53. The van der Waals surface area contributed by atoms with Crippen LogP contribution in [-0.4, -0.2) is 247 Å². The van der Waals surface area contributed by atoms with E-state index in [0.717, 1.165) is 5.57 Å². The number of aliphatic hydroxyl groups is 13. The molecule has 0 aromatic carbocycles. The van der Waals surface area contributed by atoms with Gasteiger partial charge in [-0.15, -0.1) is 0 Å². The maximum absolute atomic E-state index is 12.2. The zero-order valence-corrected chi connectivity index (χ0v) is 44.2. The van der Waals surface area contributed by atoms with E-state index in [2.05, 4.69) is 26.5 Å². The van der Waals surface area contributed by atoms with Crippen molar-refractivity contribution >= 4 is 10.4 Å². The van der Waals surface area contributed by atoms with Crippen LogP contribution >= 0.6 is 0 Å². The van der Waals surface area contributed by atoms with Crippen molar-refractivity contribution < 1.29 is 126 Å². The Morgan fingerprint density at radius 3 is 2.00 bits per heavy atom. The van der Waals surface area contributed by atoms with Crippen LogP contribution in [0.1, 0.15) is 79.1 Å². The number of hydrogen-bond acceptors (Lipinski definition) is 25. The zero-order valence-electron chi connectivity index (χ0n) is 43.4. The molecule has 77 heavy (non-hydrogen) atoms. The fourth-order valence-electron chi connectivity index (χ4n) is 14.8. The summed E-state index contributed by atoms with van der Waals surface area (Å²) in [4.78, 5) is 0. The van der Waals surface area contributed by atoms with Gasteiger partial charge in [0.05, 0.1) is 50.8 Å². The van der Waals surface area contributed by atoms with E-state index in [1.54, 1.807) is 0 Å². The van der Waals surface area contributed by atoms with Crippen LogP contribution in [0.15, 0.2) is 23.8 Å². The van der Waals surface area contributed by atoms with Crippen molar-refractivity contribution in [3.05, 3.63) is 23.8 Å². The summed E-state index contributed by atoms with van der Waals surface area (Å²) in [7, 11) is -5.17. The van der Waals surface area contributed by atoms with E-state index >= 15 is 0 Å². The highest BCUT2D eigenvalue weighted by Crippen LogP contribution is 2.70. The summed E-state index contributed by atoms with van der Waals surface area (Å²) in [6, 6.07) is 0. The molecule has 14 N–H and O–H groups in total. The van der Waals surface area contributed by atoms with Gasteiger partial charge in [0.15, 0.2) is 30.9 Å². The van der Waals surface area contributed by atoms with Gasteiger partial charge in [-0.1, -0.05) is 44.6 Å². The molecule has 0 bridgehead atoms. The number of hydrogen-bond donors (Lipinski definition) is 14. The van der Waals surface area contributed by atoms with E-state index in [-0.39, 0.29) is 73.4 Å². The summed E-state index contributed by atoms with van der Waals surface area (Å²) in [5, 5.41) is 139. The first kappa shape index (κ1) is 60.1. The molecule has 3 saturated carbocycles. The summed E-state index contributed by atoms with van der Waals surface area (Å²) < 4.78 is 93.1. The third-order valence-electron chi connectivity index (χ3n) is 19.2. The molecule has 0 spiro atoms.